The van der Waals surface area contributed by atoms with Crippen molar-refractivity contribution in [3.05, 3.63) is 64.4 Å². The third-order valence-corrected chi connectivity index (χ3v) is 5.09. The Bertz CT molecular complexity index is 812. The van der Waals surface area contributed by atoms with Crippen LogP contribution < -0.4 is 10.2 Å². The molecule has 2 aromatic carbocycles. The monoisotopic (exact) mass is 404 g/mol. The third-order valence-electron chi connectivity index (χ3n) is 4.37. The minimum atomic E-state index is -0.489. The fraction of sp³-hybridized carbons (Fsp3) is 0.263. The van der Waals surface area contributed by atoms with Gasteiger partial charge in [-0.2, -0.15) is 0 Å². The van der Waals surface area contributed by atoms with Gasteiger partial charge < -0.3 is 10.2 Å². The number of hydrogen-bond acceptors (Lipinski definition) is 2. The summed E-state index contributed by atoms with van der Waals surface area (Å²) in [7, 11) is 0. The molecule has 25 heavy (non-hydrogen) atoms. The van der Waals surface area contributed by atoms with E-state index in [1.807, 2.05) is 31.2 Å². The molecule has 1 aliphatic rings. The number of amides is 2. The van der Waals surface area contributed by atoms with E-state index in [0.717, 1.165) is 10.0 Å². The molecule has 1 aliphatic heterocycles. The summed E-state index contributed by atoms with van der Waals surface area (Å²) < 4.78 is 14.8. The average molecular weight is 405 g/mol. The highest BCUT2D eigenvalue weighted by molar-refractivity contribution is 9.10. The zero-order chi connectivity index (χ0) is 18.0. The summed E-state index contributed by atoms with van der Waals surface area (Å²) in [5.41, 5.74) is 1.19. The Morgan fingerprint density at radius 3 is 2.64 bits per heavy atom. The number of para-hydroxylation sites is 1. The largest absolute Gasteiger partial charge is 0.349 e. The summed E-state index contributed by atoms with van der Waals surface area (Å²) in [4.78, 5) is 26.1. The summed E-state index contributed by atoms with van der Waals surface area (Å²) >= 11 is 3.47. The standard InChI is InChI=1S/C19H18BrFN2O2/c1-12(14-6-2-3-7-15(14)20)22-19(25)13-10-18(24)23(11-13)17-9-5-4-8-16(17)21/h2-9,12-13H,10-11H2,1H3,(H,22,25)/t12-,13-/m0/s1. The summed E-state index contributed by atoms with van der Waals surface area (Å²) in [6, 6.07) is 13.6. The Balaban J connectivity index is 1.69. The topological polar surface area (TPSA) is 49.4 Å². The van der Waals surface area contributed by atoms with Gasteiger partial charge in [0.2, 0.25) is 11.8 Å². The molecule has 0 radical (unpaired) electrons. The van der Waals surface area contributed by atoms with E-state index in [9.17, 15) is 14.0 Å². The van der Waals surface area contributed by atoms with E-state index in [1.54, 1.807) is 18.2 Å². The molecule has 3 rings (SSSR count). The number of rotatable bonds is 4. The van der Waals surface area contributed by atoms with Gasteiger partial charge in [-0.25, -0.2) is 4.39 Å². The van der Waals surface area contributed by atoms with Crippen molar-refractivity contribution in [2.24, 2.45) is 5.92 Å². The van der Waals surface area contributed by atoms with Crippen molar-refractivity contribution < 1.29 is 14.0 Å². The summed E-state index contributed by atoms with van der Waals surface area (Å²) in [6.07, 6.45) is 0.0862. The maximum atomic E-state index is 13.9. The van der Waals surface area contributed by atoms with Crippen LogP contribution in [0.15, 0.2) is 53.0 Å². The Hall–Kier alpha value is -2.21. The van der Waals surface area contributed by atoms with Crippen LogP contribution in [-0.4, -0.2) is 18.4 Å². The van der Waals surface area contributed by atoms with E-state index in [0.29, 0.717) is 0 Å². The van der Waals surface area contributed by atoms with Crippen LogP contribution in [0.25, 0.3) is 0 Å². The molecule has 0 aliphatic carbocycles. The Labute approximate surface area is 154 Å². The van der Waals surface area contributed by atoms with Crippen molar-refractivity contribution in [1.82, 2.24) is 5.32 Å². The van der Waals surface area contributed by atoms with Crippen LogP contribution >= 0.6 is 15.9 Å². The molecule has 1 heterocycles. The fourth-order valence-corrected chi connectivity index (χ4v) is 3.65. The Morgan fingerprint density at radius 1 is 1.24 bits per heavy atom. The first-order chi connectivity index (χ1) is 12.0. The first kappa shape index (κ1) is 17.6. The fourth-order valence-electron chi connectivity index (χ4n) is 3.02. The lowest BCUT2D eigenvalue weighted by Gasteiger charge is -2.19. The molecule has 2 atom stereocenters. The first-order valence-electron chi connectivity index (χ1n) is 8.07. The Morgan fingerprint density at radius 2 is 1.92 bits per heavy atom. The van der Waals surface area contributed by atoms with Crippen molar-refractivity contribution in [2.75, 3.05) is 11.4 Å². The summed E-state index contributed by atoms with van der Waals surface area (Å²) in [5.74, 6) is -1.38. The van der Waals surface area contributed by atoms with Crippen LogP contribution in [0.2, 0.25) is 0 Å². The van der Waals surface area contributed by atoms with E-state index >= 15 is 0 Å². The molecule has 0 saturated carbocycles. The van der Waals surface area contributed by atoms with Crippen molar-refractivity contribution >= 4 is 33.4 Å². The number of halogens is 2. The zero-order valence-corrected chi connectivity index (χ0v) is 15.3. The molecule has 1 fully saturated rings. The Kier molecular flexibility index (Phi) is 5.18. The number of carbonyl (C=O) groups excluding carboxylic acids is 2. The second-order valence-electron chi connectivity index (χ2n) is 6.11. The molecule has 130 valence electrons. The predicted octanol–water partition coefficient (Wildman–Crippen LogP) is 3.82. The van der Waals surface area contributed by atoms with Gasteiger partial charge in [-0.3, -0.25) is 9.59 Å². The second kappa shape index (κ2) is 7.35. The van der Waals surface area contributed by atoms with Gasteiger partial charge >= 0.3 is 0 Å². The molecule has 1 N–H and O–H groups in total. The third kappa shape index (κ3) is 3.74. The molecule has 0 spiro atoms. The van der Waals surface area contributed by atoms with Crippen molar-refractivity contribution in [1.29, 1.82) is 0 Å². The van der Waals surface area contributed by atoms with Gasteiger partial charge in [0.15, 0.2) is 0 Å². The quantitative estimate of drug-likeness (QED) is 0.841. The highest BCUT2D eigenvalue weighted by Crippen LogP contribution is 2.28. The number of hydrogen-bond donors (Lipinski definition) is 1. The normalized spacial score (nSPS) is 18.3. The first-order valence-corrected chi connectivity index (χ1v) is 8.86. The second-order valence-corrected chi connectivity index (χ2v) is 6.96. The number of carbonyl (C=O) groups is 2. The smallest absolute Gasteiger partial charge is 0.227 e. The van der Waals surface area contributed by atoms with Gasteiger partial charge in [0.25, 0.3) is 0 Å². The van der Waals surface area contributed by atoms with Crippen LogP contribution in [0.3, 0.4) is 0 Å². The molecule has 0 bridgehead atoms. The van der Waals surface area contributed by atoms with Gasteiger partial charge in [-0.15, -0.1) is 0 Å². The number of anilines is 1. The van der Waals surface area contributed by atoms with Gasteiger partial charge in [0, 0.05) is 17.4 Å². The predicted molar refractivity (Wildman–Crippen MR) is 97.6 cm³/mol. The van der Waals surface area contributed by atoms with Crippen molar-refractivity contribution in [3.63, 3.8) is 0 Å². The van der Waals surface area contributed by atoms with Gasteiger partial charge in [-0.1, -0.05) is 46.3 Å². The van der Waals surface area contributed by atoms with E-state index in [2.05, 4.69) is 21.2 Å². The van der Waals surface area contributed by atoms with E-state index in [-0.39, 0.29) is 36.5 Å². The molecule has 1 saturated heterocycles. The maximum Gasteiger partial charge on any atom is 0.227 e. The van der Waals surface area contributed by atoms with Gasteiger partial charge in [0.1, 0.15) is 5.82 Å². The number of benzene rings is 2. The van der Waals surface area contributed by atoms with Crippen LogP contribution in [0, 0.1) is 11.7 Å². The van der Waals surface area contributed by atoms with E-state index in [1.165, 1.54) is 11.0 Å². The average Bonchev–Trinajstić information content (AvgIpc) is 2.97. The van der Waals surface area contributed by atoms with Crippen molar-refractivity contribution in [2.45, 2.75) is 19.4 Å². The molecule has 0 aromatic heterocycles. The van der Waals surface area contributed by atoms with Crippen LogP contribution in [0.4, 0.5) is 10.1 Å². The van der Waals surface area contributed by atoms with Crippen LogP contribution in [0.1, 0.15) is 24.9 Å². The van der Waals surface area contributed by atoms with E-state index < -0.39 is 11.7 Å². The van der Waals surface area contributed by atoms with Crippen molar-refractivity contribution in [3.8, 4) is 0 Å². The lowest BCUT2D eigenvalue weighted by Crippen LogP contribution is -2.34. The highest BCUT2D eigenvalue weighted by Gasteiger charge is 2.36. The molecule has 2 amide bonds. The summed E-state index contributed by atoms with van der Waals surface area (Å²) in [5, 5.41) is 2.94. The molecule has 4 nitrogen and oxygen atoms in total. The minimum Gasteiger partial charge on any atom is -0.349 e. The lowest BCUT2D eigenvalue weighted by molar-refractivity contribution is -0.126. The summed E-state index contributed by atoms with van der Waals surface area (Å²) in [6.45, 7) is 2.08. The lowest BCUT2D eigenvalue weighted by atomic mass is 10.1. The van der Waals surface area contributed by atoms with E-state index in [4.69, 9.17) is 0 Å². The number of nitrogens with one attached hydrogen (secondary N) is 1. The van der Waals surface area contributed by atoms with Gasteiger partial charge in [0.05, 0.1) is 17.6 Å². The highest BCUT2D eigenvalue weighted by atomic mass is 79.9. The molecule has 2 aromatic rings. The van der Waals surface area contributed by atoms with Crippen LogP contribution in [-0.2, 0) is 9.59 Å². The molecule has 0 unspecified atom stereocenters. The van der Waals surface area contributed by atoms with Crippen LogP contribution in [0.5, 0.6) is 0 Å². The molecule has 6 heteroatoms. The maximum absolute atomic E-state index is 13.9. The van der Waals surface area contributed by atoms with Gasteiger partial charge in [-0.05, 0) is 30.7 Å². The molecular weight excluding hydrogens is 387 g/mol. The zero-order valence-electron chi connectivity index (χ0n) is 13.7. The number of nitrogens with zero attached hydrogens (tertiary/aromatic N) is 1. The molecular formula is C19H18BrFN2O2. The minimum absolute atomic E-state index is 0.0862. The SMILES string of the molecule is C[C@H](NC(=O)[C@H]1CC(=O)N(c2ccccc2F)C1)c1ccccc1Br.